The highest BCUT2D eigenvalue weighted by molar-refractivity contribution is 9.11. The topological polar surface area (TPSA) is 29.3 Å². The fourth-order valence-corrected chi connectivity index (χ4v) is 4.08. The largest absolute Gasteiger partial charge is 0.330 e. The Morgan fingerprint density at radius 1 is 1.60 bits per heavy atom. The van der Waals surface area contributed by atoms with E-state index in [0.717, 1.165) is 13.1 Å². The molecule has 2 nitrogen and oxygen atoms in total. The lowest BCUT2D eigenvalue weighted by molar-refractivity contribution is 0.245. The van der Waals surface area contributed by atoms with Crippen LogP contribution < -0.4 is 5.73 Å². The number of likely N-dealkylation sites (tertiary alicyclic amines) is 1. The third-order valence-electron chi connectivity index (χ3n) is 3.22. The molecule has 0 amide bonds. The number of hydrogen-bond acceptors (Lipinski definition) is 3. The first-order valence-electron chi connectivity index (χ1n) is 5.45. The second kappa shape index (κ2) is 4.95. The van der Waals surface area contributed by atoms with Crippen molar-refractivity contribution in [3.63, 3.8) is 0 Å². The molecule has 4 heteroatoms. The van der Waals surface area contributed by atoms with Crippen LogP contribution in [0.15, 0.2) is 15.9 Å². The molecule has 0 radical (unpaired) electrons. The summed E-state index contributed by atoms with van der Waals surface area (Å²) in [6, 6.07) is 4.92. The van der Waals surface area contributed by atoms with Gasteiger partial charge >= 0.3 is 0 Å². The summed E-state index contributed by atoms with van der Waals surface area (Å²) >= 11 is 5.37. The Hall–Kier alpha value is 0.1000. The maximum absolute atomic E-state index is 5.85. The summed E-state index contributed by atoms with van der Waals surface area (Å²) in [6.07, 6.45) is 1.24. The van der Waals surface area contributed by atoms with E-state index in [-0.39, 0.29) is 0 Å². The molecule has 0 aromatic carbocycles. The standard InChI is InChI=1S/C11H17BrN2S/c1-2-14-6-5-8(7-13)11(14)9-3-4-10(12)15-9/h3-4,8,11H,2,5-7,13H2,1H3. The molecule has 1 aromatic heterocycles. The SMILES string of the molecule is CCN1CCC(CN)C1c1ccc(Br)s1. The number of nitrogens with two attached hydrogens (primary N) is 1. The molecule has 0 saturated carbocycles. The van der Waals surface area contributed by atoms with Gasteiger partial charge in [0.2, 0.25) is 0 Å². The molecule has 0 aliphatic carbocycles. The fraction of sp³-hybridized carbons (Fsp3) is 0.636. The van der Waals surface area contributed by atoms with Crippen molar-refractivity contribution in [2.75, 3.05) is 19.6 Å². The molecule has 2 rings (SSSR count). The number of nitrogens with zero attached hydrogens (tertiary/aromatic N) is 1. The van der Waals surface area contributed by atoms with Crippen molar-refractivity contribution >= 4 is 27.3 Å². The zero-order chi connectivity index (χ0) is 10.8. The van der Waals surface area contributed by atoms with Gasteiger partial charge in [-0.25, -0.2) is 0 Å². The molecule has 1 saturated heterocycles. The lowest BCUT2D eigenvalue weighted by Gasteiger charge is -2.25. The Balaban J connectivity index is 2.22. The Labute approximate surface area is 104 Å². The number of thiophene rings is 1. The van der Waals surface area contributed by atoms with Crippen LogP contribution in [0.3, 0.4) is 0 Å². The van der Waals surface area contributed by atoms with Crippen molar-refractivity contribution in [2.24, 2.45) is 11.7 Å². The second-order valence-electron chi connectivity index (χ2n) is 4.00. The quantitative estimate of drug-likeness (QED) is 0.927. The van der Waals surface area contributed by atoms with Gasteiger partial charge < -0.3 is 5.73 Å². The van der Waals surface area contributed by atoms with E-state index in [1.54, 1.807) is 0 Å². The van der Waals surface area contributed by atoms with Crippen LogP contribution in [-0.2, 0) is 0 Å². The minimum Gasteiger partial charge on any atom is -0.330 e. The summed E-state index contributed by atoms with van der Waals surface area (Å²) < 4.78 is 1.22. The lowest BCUT2D eigenvalue weighted by Crippen LogP contribution is -2.27. The predicted molar refractivity (Wildman–Crippen MR) is 69.2 cm³/mol. The highest BCUT2D eigenvalue weighted by Crippen LogP contribution is 2.40. The maximum atomic E-state index is 5.85. The minimum atomic E-state index is 0.552. The molecule has 1 aliphatic heterocycles. The van der Waals surface area contributed by atoms with E-state index < -0.39 is 0 Å². The highest BCUT2D eigenvalue weighted by Gasteiger charge is 2.34. The molecule has 1 fully saturated rings. The van der Waals surface area contributed by atoms with E-state index >= 15 is 0 Å². The molecule has 2 heterocycles. The molecule has 2 atom stereocenters. The molecule has 2 N–H and O–H groups in total. The average molecular weight is 289 g/mol. The van der Waals surface area contributed by atoms with Gasteiger partial charge in [-0.15, -0.1) is 11.3 Å². The number of hydrogen-bond donors (Lipinski definition) is 1. The third-order valence-corrected chi connectivity index (χ3v) is 4.92. The smallest absolute Gasteiger partial charge is 0.0701 e. The van der Waals surface area contributed by atoms with Crippen LogP contribution in [0.25, 0.3) is 0 Å². The van der Waals surface area contributed by atoms with Gasteiger partial charge in [0.25, 0.3) is 0 Å². The minimum absolute atomic E-state index is 0.552. The van der Waals surface area contributed by atoms with Crippen molar-refractivity contribution < 1.29 is 0 Å². The highest BCUT2D eigenvalue weighted by atomic mass is 79.9. The number of rotatable bonds is 3. The van der Waals surface area contributed by atoms with Gasteiger partial charge in [-0.2, -0.15) is 0 Å². The Bertz CT molecular complexity index is 314. The molecule has 1 aromatic rings. The van der Waals surface area contributed by atoms with Crippen molar-refractivity contribution in [1.82, 2.24) is 4.90 Å². The van der Waals surface area contributed by atoms with Crippen molar-refractivity contribution in [2.45, 2.75) is 19.4 Å². The summed E-state index contributed by atoms with van der Waals surface area (Å²) in [4.78, 5) is 3.99. The van der Waals surface area contributed by atoms with Crippen molar-refractivity contribution in [1.29, 1.82) is 0 Å². The molecule has 0 bridgehead atoms. The normalized spacial score (nSPS) is 27.4. The van der Waals surface area contributed by atoms with Crippen LogP contribution >= 0.6 is 27.3 Å². The zero-order valence-corrected chi connectivity index (χ0v) is 11.4. The third kappa shape index (κ3) is 2.28. The van der Waals surface area contributed by atoms with E-state index in [0.29, 0.717) is 12.0 Å². The van der Waals surface area contributed by atoms with E-state index in [1.165, 1.54) is 21.6 Å². The second-order valence-corrected chi connectivity index (χ2v) is 6.49. The van der Waals surface area contributed by atoms with E-state index in [1.807, 2.05) is 11.3 Å². The van der Waals surface area contributed by atoms with Crippen LogP contribution in [0.1, 0.15) is 24.3 Å². The molecular weight excluding hydrogens is 272 g/mol. The molecule has 1 aliphatic rings. The molecule has 15 heavy (non-hydrogen) atoms. The van der Waals surface area contributed by atoms with Gasteiger partial charge in [0, 0.05) is 10.9 Å². The molecule has 0 spiro atoms. The van der Waals surface area contributed by atoms with Crippen LogP contribution in [0.2, 0.25) is 0 Å². The summed E-state index contributed by atoms with van der Waals surface area (Å²) in [5.74, 6) is 0.635. The molecular formula is C11H17BrN2S. The Kier molecular flexibility index (Phi) is 3.83. The average Bonchev–Trinajstić information content (AvgIpc) is 2.82. The van der Waals surface area contributed by atoms with Crippen molar-refractivity contribution in [3.8, 4) is 0 Å². The maximum Gasteiger partial charge on any atom is 0.0701 e. The first-order valence-corrected chi connectivity index (χ1v) is 7.06. The zero-order valence-electron chi connectivity index (χ0n) is 8.95. The summed E-state index contributed by atoms with van der Waals surface area (Å²) in [5.41, 5.74) is 5.85. The van der Waals surface area contributed by atoms with Gasteiger partial charge in [0.05, 0.1) is 3.79 Å². The van der Waals surface area contributed by atoms with Gasteiger partial charge in [-0.05, 0) is 60.0 Å². The fourth-order valence-electron chi connectivity index (χ4n) is 2.43. The van der Waals surface area contributed by atoms with Gasteiger partial charge in [0.1, 0.15) is 0 Å². The monoisotopic (exact) mass is 288 g/mol. The van der Waals surface area contributed by atoms with Gasteiger partial charge in [-0.3, -0.25) is 4.90 Å². The van der Waals surface area contributed by atoms with Crippen LogP contribution in [0, 0.1) is 5.92 Å². The first-order chi connectivity index (χ1) is 7.26. The summed E-state index contributed by atoms with van der Waals surface area (Å²) in [7, 11) is 0. The van der Waals surface area contributed by atoms with Crippen LogP contribution in [-0.4, -0.2) is 24.5 Å². The van der Waals surface area contributed by atoms with Crippen LogP contribution in [0.5, 0.6) is 0 Å². The van der Waals surface area contributed by atoms with Crippen molar-refractivity contribution in [3.05, 3.63) is 20.8 Å². The Morgan fingerprint density at radius 3 is 2.93 bits per heavy atom. The Morgan fingerprint density at radius 2 is 2.40 bits per heavy atom. The van der Waals surface area contributed by atoms with Gasteiger partial charge in [0.15, 0.2) is 0 Å². The first kappa shape index (κ1) is 11.6. The number of halogens is 1. The molecule has 2 unspecified atom stereocenters. The summed E-state index contributed by atoms with van der Waals surface area (Å²) in [5, 5.41) is 0. The van der Waals surface area contributed by atoms with Gasteiger partial charge in [-0.1, -0.05) is 6.92 Å². The summed E-state index contributed by atoms with van der Waals surface area (Å²) in [6.45, 7) is 5.35. The van der Waals surface area contributed by atoms with E-state index in [9.17, 15) is 0 Å². The predicted octanol–water partition coefficient (Wildman–Crippen LogP) is 2.85. The van der Waals surface area contributed by atoms with E-state index in [2.05, 4.69) is 39.9 Å². The van der Waals surface area contributed by atoms with E-state index in [4.69, 9.17) is 5.73 Å². The lowest BCUT2D eigenvalue weighted by atomic mass is 9.99. The molecule has 84 valence electrons. The van der Waals surface area contributed by atoms with Crippen LogP contribution in [0.4, 0.5) is 0 Å².